The SMILES string of the molecule is CCCCn1c(SCC(=O)N[C@H](C)CCc2ccccc2)nc2ccsc2c1=O. The topological polar surface area (TPSA) is 64.0 Å². The van der Waals surface area contributed by atoms with Crippen molar-refractivity contribution >= 4 is 39.2 Å². The van der Waals surface area contributed by atoms with Crippen LogP contribution < -0.4 is 10.9 Å². The molecule has 2 aromatic heterocycles. The van der Waals surface area contributed by atoms with Gasteiger partial charge in [0, 0.05) is 12.6 Å². The number of unbranched alkanes of at least 4 members (excludes halogenated alkanes) is 1. The Kier molecular flexibility index (Phi) is 7.89. The Morgan fingerprint density at radius 3 is 2.83 bits per heavy atom. The maximum atomic E-state index is 12.8. The zero-order valence-corrected chi connectivity index (χ0v) is 18.5. The van der Waals surface area contributed by atoms with Gasteiger partial charge >= 0.3 is 0 Å². The molecule has 0 radical (unpaired) electrons. The van der Waals surface area contributed by atoms with Gasteiger partial charge in [-0.05, 0) is 43.2 Å². The van der Waals surface area contributed by atoms with Crippen molar-refractivity contribution in [3.8, 4) is 0 Å². The lowest BCUT2D eigenvalue weighted by atomic mass is 10.1. The highest BCUT2D eigenvalue weighted by atomic mass is 32.2. The minimum Gasteiger partial charge on any atom is -0.353 e. The number of rotatable bonds is 10. The van der Waals surface area contributed by atoms with Gasteiger partial charge in [-0.15, -0.1) is 11.3 Å². The van der Waals surface area contributed by atoms with E-state index in [2.05, 4.69) is 29.4 Å². The van der Waals surface area contributed by atoms with E-state index in [0.29, 0.717) is 21.9 Å². The number of thioether (sulfide) groups is 1. The monoisotopic (exact) mass is 429 g/mol. The summed E-state index contributed by atoms with van der Waals surface area (Å²) in [6.07, 6.45) is 3.73. The van der Waals surface area contributed by atoms with Crippen LogP contribution in [0.4, 0.5) is 0 Å². The molecule has 2 heterocycles. The summed E-state index contributed by atoms with van der Waals surface area (Å²) >= 11 is 2.76. The highest BCUT2D eigenvalue weighted by Crippen LogP contribution is 2.21. The fourth-order valence-electron chi connectivity index (χ4n) is 3.09. The molecule has 154 valence electrons. The second-order valence-electron chi connectivity index (χ2n) is 7.12. The summed E-state index contributed by atoms with van der Waals surface area (Å²) in [7, 11) is 0. The van der Waals surface area contributed by atoms with E-state index in [1.54, 1.807) is 4.57 Å². The molecule has 7 heteroatoms. The largest absolute Gasteiger partial charge is 0.353 e. The van der Waals surface area contributed by atoms with Gasteiger partial charge in [-0.3, -0.25) is 14.2 Å². The fourth-order valence-corrected chi connectivity index (χ4v) is 4.71. The van der Waals surface area contributed by atoms with Crippen molar-refractivity contribution in [1.82, 2.24) is 14.9 Å². The molecule has 0 saturated heterocycles. The third-order valence-corrected chi connectivity index (χ3v) is 6.58. The molecule has 0 bridgehead atoms. The Balaban J connectivity index is 1.59. The summed E-state index contributed by atoms with van der Waals surface area (Å²) in [5.74, 6) is 0.224. The van der Waals surface area contributed by atoms with Crippen LogP contribution in [-0.4, -0.2) is 27.3 Å². The van der Waals surface area contributed by atoms with Gasteiger partial charge in [0.2, 0.25) is 5.91 Å². The van der Waals surface area contributed by atoms with Gasteiger partial charge in [0.25, 0.3) is 5.56 Å². The predicted octanol–water partition coefficient (Wildman–Crippen LogP) is 4.49. The van der Waals surface area contributed by atoms with Crippen LogP contribution in [0.15, 0.2) is 51.7 Å². The molecule has 1 atom stereocenters. The first-order chi connectivity index (χ1) is 14.1. The molecule has 29 heavy (non-hydrogen) atoms. The summed E-state index contributed by atoms with van der Waals surface area (Å²) < 4.78 is 2.41. The van der Waals surface area contributed by atoms with Crippen molar-refractivity contribution in [2.24, 2.45) is 0 Å². The summed E-state index contributed by atoms with van der Waals surface area (Å²) in [5, 5.41) is 5.57. The number of aromatic nitrogens is 2. The Hall–Kier alpha value is -2.12. The minimum atomic E-state index is -0.0303. The summed E-state index contributed by atoms with van der Waals surface area (Å²) in [4.78, 5) is 29.8. The normalized spacial score (nSPS) is 12.2. The van der Waals surface area contributed by atoms with E-state index in [1.165, 1.54) is 28.7 Å². The van der Waals surface area contributed by atoms with Crippen molar-refractivity contribution < 1.29 is 4.79 Å². The van der Waals surface area contributed by atoms with E-state index in [9.17, 15) is 9.59 Å². The third-order valence-electron chi connectivity index (χ3n) is 4.71. The van der Waals surface area contributed by atoms with Crippen molar-refractivity contribution in [3.05, 3.63) is 57.7 Å². The number of fused-ring (bicyclic) bond motifs is 1. The van der Waals surface area contributed by atoms with Crippen LogP contribution in [-0.2, 0) is 17.8 Å². The number of hydrogen-bond donors (Lipinski definition) is 1. The Labute approximate surface area is 179 Å². The second kappa shape index (κ2) is 10.6. The van der Waals surface area contributed by atoms with Crippen LogP contribution in [0.5, 0.6) is 0 Å². The van der Waals surface area contributed by atoms with Gasteiger partial charge in [-0.1, -0.05) is 55.4 Å². The van der Waals surface area contributed by atoms with Gasteiger partial charge < -0.3 is 5.32 Å². The average molecular weight is 430 g/mol. The fraction of sp³-hybridized carbons (Fsp3) is 0.409. The lowest BCUT2D eigenvalue weighted by Crippen LogP contribution is -2.34. The van der Waals surface area contributed by atoms with Gasteiger partial charge in [0.05, 0.1) is 11.3 Å². The molecule has 0 saturated carbocycles. The maximum absolute atomic E-state index is 12.8. The van der Waals surface area contributed by atoms with Gasteiger partial charge in [-0.2, -0.15) is 0 Å². The van der Waals surface area contributed by atoms with E-state index in [4.69, 9.17) is 0 Å². The van der Waals surface area contributed by atoms with Crippen molar-refractivity contribution in [2.45, 2.75) is 57.3 Å². The van der Waals surface area contributed by atoms with E-state index in [-0.39, 0.29) is 23.3 Å². The molecule has 1 aromatic carbocycles. The number of carbonyl (C=O) groups is 1. The molecule has 1 N–H and O–H groups in total. The molecule has 0 unspecified atom stereocenters. The summed E-state index contributed by atoms with van der Waals surface area (Å²) in [6.45, 7) is 4.76. The first-order valence-electron chi connectivity index (χ1n) is 10.0. The maximum Gasteiger partial charge on any atom is 0.272 e. The van der Waals surface area contributed by atoms with Crippen molar-refractivity contribution in [1.29, 1.82) is 0 Å². The molecule has 1 amide bonds. The molecule has 0 aliphatic rings. The quantitative estimate of drug-likeness (QED) is 0.381. The zero-order chi connectivity index (χ0) is 20.6. The highest BCUT2D eigenvalue weighted by molar-refractivity contribution is 7.99. The number of thiophene rings is 1. The summed E-state index contributed by atoms with van der Waals surface area (Å²) in [5.41, 5.74) is 1.99. The molecule has 3 aromatic rings. The number of hydrogen-bond acceptors (Lipinski definition) is 5. The Morgan fingerprint density at radius 2 is 2.07 bits per heavy atom. The molecule has 0 aliphatic heterocycles. The van der Waals surface area contributed by atoms with Crippen LogP contribution in [0.2, 0.25) is 0 Å². The lowest BCUT2D eigenvalue weighted by Gasteiger charge is -2.15. The van der Waals surface area contributed by atoms with Crippen LogP contribution in [0.3, 0.4) is 0 Å². The van der Waals surface area contributed by atoms with Crippen LogP contribution in [0.25, 0.3) is 10.2 Å². The van der Waals surface area contributed by atoms with E-state index in [0.717, 1.165) is 25.7 Å². The van der Waals surface area contributed by atoms with Crippen LogP contribution in [0, 0.1) is 0 Å². The molecule has 0 spiro atoms. The second-order valence-corrected chi connectivity index (χ2v) is 8.98. The molecular weight excluding hydrogens is 402 g/mol. The molecule has 0 fully saturated rings. The van der Waals surface area contributed by atoms with E-state index >= 15 is 0 Å². The van der Waals surface area contributed by atoms with E-state index in [1.807, 2.05) is 36.6 Å². The predicted molar refractivity (Wildman–Crippen MR) is 122 cm³/mol. The van der Waals surface area contributed by atoms with Gasteiger partial charge in [0.15, 0.2) is 5.16 Å². The summed E-state index contributed by atoms with van der Waals surface area (Å²) in [6, 6.07) is 12.2. The number of nitrogens with one attached hydrogen (secondary N) is 1. The van der Waals surface area contributed by atoms with Crippen LogP contribution >= 0.6 is 23.1 Å². The number of nitrogens with zero attached hydrogens (tertiary/aromatic N) is 2. The van der Waals surface area contributed by atoms with Crippen LogP contribution in [0.1, 0.15) is 38.7 Å². The smallest absolute Gasteiger partial charge is 0.272 e. The standard InChI is InChI=1S/C22H27N3O2S2/c1-3-4-13-25-21(27)20-18(12-14-28-20)24-22(25)29-15-19(26)23-16(2)10-11-17-8-6-5-7-9-17/h5-9,12,14,16H,3-4,10-11,13,15H2,1-2H3,(H,23,26)/t16-/m1/s1. The Bertz CT molecular complexity index is 998. The minimum absolute atomic E-state index is 0.00223. The first-order valence-corrected chi connectivity index (χ1v) is 11.9. The Morgan fingerprint density at radius 1 is 1.28 bits per heavy atom. The zero-order valence-electron chi connectivity index (χ0n) is 16.9. The van der Waals surface area contributed by atoms with Gasteiger partial charge in [-0.25, -0.2) is 4.98 Å². The highest BCUT2D eigenvalue weighted by Gasteiger charge is 2.15. The average Bonchev–Trinajstić information content (AvgIpc) is 3.20. The molecule has 0 aliphatic carbocycles. The number of carbonyl (C=O) groups excluding carboxylic acids is 1. The number of amides is 1. The van der Waals surface area contributed by atoms with Crippen molar-refractivity contribution in [2.75, 3.05) is 5.75 Å². The van der Waals surface area contributed by atoms with Gasteiger partial charge in [0.1, 0.15) is 4.70 Å². The number of aryl methyl sites for hydroxylation is 1. The molecular formula is C22H27N3O2S2. The molecule has 3 rings (SSSR count). The third kappa shape index (κ3) is 5.93. The first kappa shape index (κ1) is 21.6. The van der Waals surface area contributed by atoms with E-state index < -0.39 is 0 Å². The lowest BCUT2D eigenvalue weighted by molar-refractivity contribution is -0.119. The van der Waals surface area contributed by atoms with Crippen molar-refractivity contribution in [3.63, 3.8) is 0 Å². The number of benzene rings is 1. The molecule has 5 nitrogen and oxygen atoms in total.